The third kappa shape index (κ3) is 3.44. The highest BCUT2D eigenvalue weighted by atomic mass is 19.4. The molecule has 0 radical (unpaired) electrons. The third-order valence-corrected chi connectivity index (χ3v) is 3.62. The van der Waals surface area contributed by atoms with Crippen molar-refractivity contribution in [3.8, 4) is 0 Å². The molecule has 0 bridgehead atoms. The molecular formula is C16H14F3N5O. The lowest BCUT2D eigenvalue weighted by Crippen LogP contribution is -2.24. The van der Waals surface area contributed by atoms with Crippen LogP contribution >= 0.6 is 0 Å². The number of fused-ring (bicyclic) bond motifs is 1. The van der Waals surface area contributed by atoms with Gasteiger partial charge in [-0.2, -0.15) is 18.3 Å². The van der Waals surface area contributed by atoms with E-state index >= 15 is 0 Å². The second kappa shape index (κ2) is 6.15. The topological polar surface area (TPSA) is 72.2 Å². The Balaban J connectivity index is 1.83. The number of halogens is 3. The van der Waals surface area contributed by atoms with Crippen LogP contribution in [0, 0.1) is 13.8 Å². The average Bonchev–Trinajstić information content (AvgIpc) is 2.96. The van der Waals surface area contributed by atoms with Crippen molar-refractivity contribution in [1.82, 2.24) is 24.9 Å². The third-order valence-electron chi connectivity index (χ3n) is 3.62. The molecule has 0 saturated carbocycles. The maximum absolute atomic E-state index is 13.0. The van der Waals surface area contributed by atoms with E-state index < -0.39 is 17.8 Å². The SMILES string of the molecule is Cc1cnc(CNC(=O)c2cc3nccc(C(F)(F)F)n3n2)c(C)c1. The van der Waals surface area contributed by atoms with Crippen LogP contribution in [0.25, 0.3) is 5.65 Å². The van der Waals surface area contributed by atoms with Gasteiger partial charge in [0, 0.05) is 18.5 Å². The molecule has 0 aliphatic heterocycles. The van der Waals surface area contributed by atoms with Crippen LogP contribution in [0.3, 0.4) is 0 Å². The molecule has 3 aromatic heterocycles. The van der Waals surface area contributed by atoms with Gasteiger partial charge in [-0.25, -0.2) is 9.50 Å². The van der Waals surface area contributed by atoms with Crippen LogP contribution in [0.15, 0.2) is 30.6 Å². The van der Waals surface area contributed by atoms with E-state index in [2.05, 4.69) is 20.4 Å². The van der Waals surface area contributed by atoms with Crippen molar-refractivity contribution in [3.63, 3.8) is 0 Å². The monoisotopic (exact) mass is 349 g/mol. The van der Waals surface area contributed by atoms with Gasteiger partial charge in [-0.3, -0.25) is 9.78 Å². The molecule has 3 rings (SSSR count). The maximum atomic E-state index is 13.0. The number of carbonyl (C=O) groups is 1. The predicted octanol–water partition coefficient (Wildman–Crippen LogP) is 2.69. The number of hydrogen-bond acceptors (Lipinski definition) is 4. The first-order valence-electron chi connectivity index (χ1n) is 7.38. The molecule has 0 spiro atoms. The number of rotatable bonds is 3. The molecule has 0 aliphatic rings. The molecule has 0 fully saturated rings. The Bertz CT molecular complexity index is 949. The van der Waals surface area contributed by atoms with Crippen LogP contribution in [-0.4, -0.2) is 25.5 Å². The summed E-state index contributed by atoms with van der Waals surface area (Å²) in [7, 11) is 0. The van der Waals surface area contributed by atoms with Crippen LogP contribution < -0.4 is 5.32 Å². The summed E-state index contributed by atoms with van der Waals surface area (Å²) in [6, 6.07) is 3.94. The molecule has 0 aromatic carbocycles. The van der Waals surface area contributed by atoms with E-state index in [-0.39, 0.29) is 17.9 Å². The number of nitrogens with zero attached hydrogens (tertiary/aromatic N) is 4. The molecule has 25 heavy (non-hydrogen) atoms. The van der Waals surface area contributed by atoms with Crippen molar-refractivity contribution >= 4 is 11.6 Å². The van der Waals surface area contributed by atoms with Gasteiger partial charge in [-0.1, -0.05) is 6.07 Å². The van der Waals surface area contributed by atoms with Crippen LogP contribution in [0.5, 0.6) is 0 Å². The Kier molecular flexibility index (Phi) is 4.15. The van der Waals surface area contributed by atoms with Crippen molar-refractivity contribution in [1.29, 1.82) is 0 Å². The van der Waals surface area contributed by atoms with Crippen LogP contribution in [0.1, 0.15) is 33.0 Å². The van der Waals surface area contributed by atoms with Gasteiger partial charge < -0.3 is 5.32 Å². The van der Waals surface area contributed by atoms with Gasteiger partial charge in [0.1, 0.15) is 5.69 Å². The molecule has 0 aliphatic carbocycles. The Morgan fingerprint density at radius 1 is 1.24 bits per heavy atom. The zero-order chi connectivity index (χ0) is 18.2. The molecule has 1 amide bonds. The quantitative estimate of drug-likeness (QED) is 0.789. The lowest BCUT2D eigenvalue weighted by atomic mass is 10.1. The van der Waals surface area contributed by atoms with Gasteiger partial charge in [0.05, 0.1) is 12.2 Å². The summed E-state index contributed by atoms with van der Waals surface area (Å²) >= 11 is 0. The van der Waals surface area contributed by atoms with Crippen LogP contribution in [0.2, 0.25) is 0 Å². The van der Waals surface area contributed by atoms with Crippen molar-refractivity contribution in [2.75, 3.05) is 0 Å². The predicted molar refractivity (Wildman–Crippen MR) is 82.9 cm³/mol. The fourth-order valence-electron chi connectivity index (χ4n) is 2.40. The van der Waals surface area contributed by atoms with E-state index in [1.54, 1.807) is 6.20 Å². The Morgan fingerprint density at radius 2 is 2.00 bits per heavy atom. The lowest BCUT2D eigenvalue weighted by molar-refractivity contribution is -0.142. The highest BCUT2D eigenvalue weighted by molar-refractivity contribution is 5.93. The van der Waals surface area contributed by atoms with Gasteiger partial charge >= 0.3 is 6.18 Å². The largest absolute Gasteiger partial charge is 0.433 e. The fourth-order valence-corrected chi connectivity index (χ4v) is 2.40. The smallest absolute Gasteiger partial charge is 0.345 e. The van der Waals surface area contributed by atoms with Gasteiger partial charge in [0.2, 0.25) is 0 Å². The molecular weight excluding hydrogens is 335 g/mol. The summed E-state index contributed by atoms with van der Waals surface area (Å²) in [6.07, 6.45) is -1.88. The van der Waals surface area contributed by atoms with Crippen molar-refractivity contribution < 1.29 is 18.0 Å². The van der Waals surface area contributed by atoms with E-state index in [1.807, 2.05) is 19.9 Å². The maximum Gasteiger partial charge on any atom is 0.433 e. The average molecular weight is 349 g/mol. The Labute approximate surface area is 140 Å². The normalized spacial score (nSPS) is 11.7. The molecule has 6 nitrogen and oxygen atoms in total. The van der Waals surface area contributed by atoms with Gasteiger partial charge in [-0.15, -0.1) is 0 Å². The number of nitrogens with one attached hydrogen (secondary N) is 1. The Morgan fingerprint density at radius 3 is 2.68 bits per heavy atom. The summed E-state index contributed by atoms with van der Waals surface area (Å²) < 4.78 is 39.5. The zero-order valence-electron chi connectivity index (χ0n) is 13.4. The van der Waals surface area contributed by atoms with E-state index in [4.69, 9.17) is 0 Å². The van der Waals surface area contributed by atoms with Crippen molar-refractivity contribution in [2.24, 2.45) is 0 Å². The number of pyridine rings is 1. The van der Waals surface area contributed by atoms with Gasteiger partial charge in [0.25, 0.3) is 5.91 Å². The zero-order valence-corrected chi connectivity index (χ0v) is 13.4. The number of amides is 1. The summed E-state index contributed by atoms with van der Waals surface area (Å²) in [5, 5.41) is 6.34. The molecule has 130 valence electrons. The number of hydrogen-bond donors (Lipinski definition) is 1. The standard InChI is InChI=1S/C16H14F3N5O/c1-9-5-10(2)12(21-7-9)8-22-15(25)11-6-14-20-4-3-13(16(17,18)19)24(14)23-11/h3-7H,8H2,1-2H3,(H,22,25). The first-order chi connectivity index (χ1) is 11.8. The number of aromatic nitrogens is 4. The molecule has 0 saturated heterocycles. The lowest BCUT2D eigenvalue weighted by Gasteiger charge is -2.07. The van der Waals surface area contributed by atoms with Gasteiger partial charge in [0.15, 0.2) is 11.3 Å². The second-order valence-corrected chi connectivity index (χ2v) is 5.59. The number of alkyl halides is 3. The van der Waals surface area contributed by atoms with E-state index in [0.717, 1.165) is 23.4 Å². The van der Waals surface area contributed by atoms with Gasteiger partial charge in [-0.05, 0) is 31.0 Å². The minimum atomic E-state index is -4.59. The summed E-state index contributed by atoms with van der Waals surface area (Å²) in [4.78, 5) is 20.2. The molecule has 9 heteroatoms. The minimum Gasteiger partial charge on any atom is -0.345 e. The first-order valence-corrected chi connectivity index (χ1v) is 7.38. The van der Waals surface area contributed by atoms with Crippen LogP contribution in [-0.2, 0) is 12.7 Å². The summed E-state index contributed by atoms with van der Waals surface area (Å²) in [5.41, 5.74) is 1.40. The second-order valence-electron chi connectivity index (χ2n) is 5.59. The highest BCUT2D eigenvalue weighted by Crippen LogP contribution is 2.28. The summed E-state index contributed by atoms with van der Waals surface area (Å²) in [6.45, 7) is 3.93. The molecule has 0 unspecified atom stereocenters. The number of aryl methyl sites for hydroxylation is 2. The van der Waals surface area contributed by atoms with E-state index in [0.29, 0.717) is 10.2 Å². The molecule has 3 aromatic rings. The van der Waals surface area contributed by atoms with E-state index in [9.17, 15) is 18.0 Å². The summed E-state index contributed by atoms with van der Waals surface area (Å²) in [5.74, 6) is -0.597. The molecule has 0 atom stereocenters. The van der Waals surface area contributed by atoms with Crippen molar-refractivity contribution in [3.05, 3.63) is 58.8 Å². The number of carbonyl (C=O) groups excluding carboxylic acids is 1. The molecule has 3 heterocycles. The van der Waals surface area contributed by atoms with E-state index in [1.165, 1.54) is 6.07 Å². The fraction of sp³-hybridized carbons (Fsp3) is 0.250. The molecule has 1 N–H and O–H groups in total. The first kappa shape index (κ1) is 16.9. The van der Waals surface area contributed by atoms with Crippen molar-refractivity contribution in [2.45, 2.75) is 26.6 Å². The van der Waals surface area contributed by atoms with Crippen LogP contribution in [0.4, 0.5) is 13.2 Å². The Hall–Kier alpha value is -2.97. The highest BCUT2D eigenvalue weighted by Gasteiger charge is 2.34. The minimum absolute atomic E-state index is 0.0513.